The summed E-state index contributed by atoms with van der Waals surface area (Å²) in [6.45, 7) is 2.52. The van der Waals surface area contributed by atoms with Gasteiger partial charge in [-0.3, -0.25) is 9.59 Å². The third-order valence-electron chi connectivity index (χ3n) is 4.68. The van der Waals surface area contributed by atoms with Crippen LogP contribution in [0.3, 0.4) is 0 Å². The van der Waals surface area contributed by atoms with Crippen LogP contribution in [0.2, 0.25) is 0 Å². The highest BCUT2D eigenvalue weighted by Crippen LogP contribution is 2.31. The fourth-order valence-corrected chi connectivity index (χ4v) is 4.91. The Labute approximate surface area is 193 Å². The van der Waals surface area contributed by atoms with Gasteiger partial charge in [-0.1, -0.05) is 53.7 Å². The van der Waals surface area contributed by atoms with E-state index in [0.29, 0.717) is 12.2 Å². The van der Waals surface area contributed by atoms with Crippen molar-refractivity contribution in [2.45, 2.75) is 17.8 Å². The van der Waals surface area contributed by atoms with E-state index in [-0.39, 0.29) is 17.2 Å². The van der Waals surface area contributed by atoms with E-state index < -0.39 is 11.7 Å². The van der Waals surface area contributed by atoms with Gasteiger partial charge in [0.2, 0.25) is 5.91 Å². The highest BCUT2D eigenvalue weighted by atomic mass is 32.2. The van der Waals surface area contributed by atoms with Crippen molar-refractivity contribution in [3.05, 3.63) is 89.2 Å². The Morgan fingerprint density at radius 1 is 1.06 bits per heavy atom. The number of thioether (sulfide) groups is 1. The van der Waals surface area contributed by atoms with Crippen molar-refractivity contribution in [1.29, 1.82) is 0 Å². The fourth-order valence-electron chi connectivity index (χ4n) is 2.97. The molecule has 1 heterocycles. The van der Waals surface area contributed by atoms with Gasteiger partial charge in [0.1, 0.15) is 5.82 Å². The third kappa shape index (κ3) is 5.52. The summed E-state index contributed by atoms with van der Waals surface area (Å²) in [4.78, 5) is 29.0. The van der Waals surface area contributed by atoms with Crippen LogP contribution < -0.4 is 10.6 Å². The summed E-state index contributed by atoms with van der Waals surface area (Å²) in [7, 11) is 0. The number of halogens is 1. The molecule has 2 N–H and O–H groups in total. The Balaban J connectivity index is 1.34. The smallest absolute Gasteiger partial charge is 0.258 e. The minimum absolute atomic E-state index is 0.00945. The fraction of sp³-hybridized carbons (Fsp3) is 0.125. The maximum atomic E-state index is 13.8. The second-order valence-electron chi connectivity index (χ2n) is 7.15. The summed E-state index contributed by atoms with van der Waals surface area (Å²) >= 11 is 2.81. The largest absolute Gasteiger partial charge is 0.351 e. The number of aryl methyl sites for hydroxylation is 1. The van der Waals surface area contributed by atoms with Gasteiger partial charge in [0, 0.05) is 12.2 Å². The highest BCUT2D eigenvalue weighted by Gasteiger charge is 2.13. The van der Waals surface area contributed by atoms with E-state index in [0.717, 1.165) is 20.1 Å². The number of fused-ring (bicyclic) bond motifs is 1. The number of rotatable bonds is 7. The minimum Gasteiger partial charge on any atom is -0.351 e. The molecule has 0 aliphatic heterocycles. The number of anilines is 1. The van der Waals surface area contributed by atoms with Gasteiger partial charge in [0.15, 0.2) is 4.34 Å². The molecule has 8 heteroatoms. The van der Waals surface area contributed by atoms with Gasteiger partial charge in [0.05, 0.1) is 21.5 Å². The molecule has 162 valence electrons. The molecule has 0 atom stereocenters. The molecule has 0 saturated carbocycles. The Morgan fingerprint density at radius 3 is 2.62 bits per heavy atom. The standard InChI is InChI=1S/C24H20FN3O2S2/c1-15-6-8-16(9-7-15)13-26-22(29)14-31-24-28-20-11-10-17(12-21(20)32-24)27-23(30)18-4-2-3-5-19(18)25/h2-12H,13-14H2,1H3,(H,26,29)(H,27,30). The average molecular weight is 466 g/mol. The van der Waals surface area contributed by atoms with Crippen LogP contribution in [-0.4, -0.2) is 22.6 Å². The number of hydrogen-bond donors (Lipinski definition) is 2. The van der Waals surface area contributed by atoms with Crippen LogP contribution in [0.1, 0.15) is 21.5 Å². The lowest BCUT2D eigenvalue weighted by molar-refractivity contribution is -0.118. The minimum atomic E-state index is -0.566. The summed E-state index contributed by atoms with van der Waals surface area (Å²) in [5.41, 5.74) is 3.56. The van der Waals surface area contributed by atoms with Gasteiger partial charge in [-0.05, 0) is 42.8 Å². The average Bonchev–Trinajstić information content (AvgIpc) is 3.20. The molecule has 4 aromatic rings. The molecule has 1 aromatic heterocycles. The van der Waals surface area contributed by atoms with E-state index in [2.05, 4.69) is 15.6 Å². The van der Waals surface area contributed by atoms with Gasteiger partial charge >= 0.3 is 0 Å². The molecule has 0 unspecified atom stereocenters. The SMILES string of the molecule is Cc1ccc(CNC(=O)CSc2nc3ccc(NC(=O)c4ccccc4F)cc3s2)cc1. The normalized spacial score (nSPS) is 10.8. The lowest BCUT2D eigenvalue weighted by Gasteiger charge is -2.05. The van der Waals surface area contributed by atoms with Crippen molar-refractivity contribution in [1.82, 2.24) is 10.3 Å². The lowest BCUT2D eigenvalue weighted by Crippen LogP contribution is -2.24. The predicted octanol–water partition coefficient (Wildman–Crippen LogP) is 5.40. The van der Waals surface area contributed by atoms with Gasteiger partial charge < -0.3 is 10.6 Å². The van der Waals surface area contributed by atoms with Crippen molar-refractivity contribution in [3.8, 4) is 0 Å². The number of carbonyl (C=O) groups is 2. The van der Waals surface area contributed by atoms with Crippen molar-refractivity contribution in [3.63, 3.8) is 0 Å². The van der Waals surface area contributed by atoms with Crippen LogP contribution >= 0.6 is 23.1 Å². The number of benzene rings is 3. The first-order valence-corrected chi connectivity index (χ1v) is 11.7. The van der Waals surface area contributed by atoms with E-state index in [4.69, 9.17) is 0 Å². The van der Waals surface area contributed by atoms with E-state index in [1.807, 2.05) is 31.2 Å². The zero-order valence-electron chi connectivity index (χ0n) is 17.2. The van der Waals surface area contributed by atoms with E-state index >= 15 is 0 Å². The molecule has 0 aliphatic rings. The molecule has 0 fully saturated rings. The Morgan fingerprint density at radius 2 is 1.84 bits per heavy atom. The van der Waals surface area contributed by atoms with Gasteiger partial charge in [-0.2, -0.15) is 0 Å². The molecular weight excluding hydrogens is 445 g/mol. The first kappa shape index (κ1) is 22.0. The van der Waals surface area contributed by atoms with Crippen LogP contribution in [0, 0.1) is 12.7 Å². The highest BCUT2D eigenvalue weighted by molar-refractivity contribution is 8.01. The molecule has 4 rings (SSSR count). The van der Waals surface area contributed by atoms with Crippen molar-refractivity contribution < 1.29 is 14.0 Å². The Hall–Kier alpha value is -3.23. The maximum absolute atomic E-state index is 13.8. The van der Waals surface area contributed by atoms with Crippen molar-refractivity contribution in [2.75, 3.05) is 11.1 Å². The lowest BCUT2D eigenvalue weighted by atomic mass is 10.1. The number of amides is 2. The molecule has 5 nitrogen and oxygen atoms in total. The zero-order valence-corrected chi connectivity index (χ0v) is 18.9. The predicted molar refractivity (Wildman–Crippen MR) is 128 cm³/mol. The monoisotopic (exact) mass is 465 g/mol. The van der Waals surface area contributed by atoms with Crippen molar-refractivity contribution in [2.24, 2.45) is 0 Å². The summed E-state index contributed by atoms with van der Waals surface area (Å²) < 4.78 is 15.5. The molecule has 3 aromatic carbocycles. The molecule has 0 saturated heterocycles. The first-order chi connectivity index (χ1) is 15.5. The summed E-state index contributed by atoms with van der Waals surface area (Å²) in [6, 6.07) is 19.2. The number of hydrogen-bond acceptors (Lipinski definition) is 5. The van der Waals surface area contributed by atoms with Crippen LogP contribution in [0.25, 0.3) is 10.2 Å². The maximum Gasteiger partial charge on any atom is 0.258 e. The first-order valence-electron chi connectivity index (χ1n) is 9.89. The van der Waals surface area contributed by atoms with Crippen LogP contribution in [0.4, 0.5) is 10.1 Å². The summed E-state index contributed by atoms with van der Waals surface area (Å²) in [5, 5.41) is 5.63. The number of nitrogens with one attached hydrogen (secondary N) is 2. The topological polar surface area (TPSA) is 71.1 Å². The number of aromatic nitrogens is 1. The van der Waals surface area contributed by atoms with Gasteiger partial charge in [-0.25, -0.2) is 9.37 Å². The van der Waals surface area contributed by atoms with E-state index in [1.165, 1.54) is 46.9 Å². The van der Waals surface area contributed by atoms with Gasteiger partial charge in [0.25, 0.3) is 5.91 Å². The summed E-state index contributed by atoms with van der Waals surface area (Å²) in [6.07, 6.45) is 0. The Bertz CT molecular complexity index is 1270. The van der Waals surface area contributed by atoms with E-state index in [1.54, 1.807) is 24.3 Å². The number of carbonyl (C=O) groups excluding carboxylic acids is 2. The number of thiazole rings is 1. The zero-order chi connectivity index (χ0) is 22.5. The molecule has 0 radical (unpaired) electrons. The molecule has 0 aliphatic carbocycles. The third-order valence-corrected chi connectivity index (χ3v) is 6.84. The quantitative estimate of drug-likeness (QED) is 0.358. The second-order valence-corrected chi connectivity index (χ2v) is 9.40. The van der Waals surface area contributed by atoms with E-state index in [9.17, 15) is 14.0 Å². The molecule has 0 bridgehead atoms. The Kier molecular flexibility index (Phi) is 6.82. The van der Waals surface area contributed by atoms with Crippen molar-refractivity contribution >= 4 is 50.8 Å². The second kappa shape index (κ2) is 9.93. The summed E-state index contributed by atoms with van der Waals surface area (Å²) in [5.74, 6) is -0.870. The molecule has 2 amide bonds. The van der Waals surface area contributed by atoms with Crippen LogP contribution in [-0.2, 0) is 11.3 Å². The molecule has 32 heavy (non-hydrogen) atoms. The number of nitrogens with zero attached hydrogens (tertiary/aromatic N) is 1. The van der Waals surface area contributed by atoms with Crippen LogP contribution in [0.5, 0.6) is 0 Å². The molecule has 0 spiro atoms. The van der Waals surface area contributed by atoms with Crippen LogP contribution in [0.15, 0.2) is 71.1 Å². The van der Waals surface area contributed by atoms with Gasteiger partial charge in [-0.15, -0.1) is 11.3 Å². The molecular formula is C24H20FN3O2S2.